The molecule has 0 saturated carbocycles. The molecule has 90 valence electrons. The summed E-state index contributed by atoms with van der Waals surface area (Å²) in [5.41, 5.74) is 6.36. The molecule has 2 heterocycles. The average molecular weight is 251 g/mol. The van der Waals surface area contributed by atoms with Crippen molar-refractivity contribution in [3.63, 3.8) is 0 Å². The molecule has 0 unspecified atom stereocenters. The monoisotopic (exact) mass is 251 g/mol. The summed E-state index contributed by atoms with van der Waals surface area (Å²) in [6, 6.07) is 3.83. The SMILES string of the molecule is CCn1ncc(N)c1C(=O)OCc1cccs1. The number of aryl methyl sites for hydroxylation is 1. The molecule has 0 bridgehead atoms. The number of anilines is 1. The van der Waals surface area contributed by atoms with Crippen LogP contribution in [-0.2, 0) is 17.9 Å². The van der Waals surface area contributed by atoms with Gasteiger partial charge in [-0.1, -0.05) is 6.07 Å². The predicted octanol–water partition coefficient (Wildman–Crippen LogP) is 1.90. The molecule has 0 saturated heterocycles. The van der Waals surface area contributed by atoms with Crippen LogP contribution in [0.3, 0.4) is 0 Å². The van der Waals surface area contributed by atoms with E-state index in [1.807, 2.05) is 24.4 Å². The fourth-order valence-corrected chi connectivity index (χ4v) is 2.08. The maximum atomic E-state index is 11.8. The molecule has 0 aliphatic rings. The number of hydrogen-bond acceptors (Lipinski definition) is 5. The zero-order valence-electron chi connectivity index (χ0n) is 9.42. The molecule has 2 aromatic heterocycles. The van der Waals surface area contributed by atoms with Crippen molar-refractivity contribution >= 4 is 23.0 Å². The summed E-state index contributed by atoms with van der Waals surface area (Å²) < 4.78 is 6.72. The van der Waals surface area contributed by atoms with Crippen LogP contribution in [0.2, 0.25) is 0 Å². The summed E-state index contributed by atoms with van der Waals surface area (Å²) in [5, 5.41) is 5.93. The molecule has 0 atom stereocenters. The molecule has 0 aliphatic carbocycles. The second-order valence-electron chi connectivity index (χ2n) is 3.42. The van der Waals surface area contributed by atoms with Gasteiger partial charge in [0.05, 0.1) is 11.9 Å². The first-order valence-electron chi connectivity index (χ1n) is 5.23. The highest BCUT2D eigenvalue weighted by Gasteiger charge is 2.17. The number of carbonyl (C=O) groups excluding carboxylic acids is 1. The number of thiophene rings is 1. The first-order chi connectivity index (χ1) is 8.22. The van der Waals surface area contributed by atoms with E-state index in [1.165, 1.54) is 10.9 Å². The Bertz CT molecular complexity index is 505. The van der Waals surface area contributed by atoms with Gasteiger partial charge in [0.25, 0.3) is 0 Å². The Morgan fingerprint density at radius 2 is 2.47 bits per heavy atom. The Morgan fingerprint density at radius 1 is 1.65 bits per heavy atom. The standard InChI is InChI=1S/C11H13N3O2S/c1-2-14-10(9(12)6-13-14)11(15)16-7-8-4-3-5-17-8/h3-6H,2,7,12H2,1H3. The van der Waals surface area contributed by atoms with Crippen molar-refractivity contribution in [2.75, 3.05) is 5.73 Å². The van der Waals surface area contributed by atoms with Crippen LogP contribution in [0.5, 0.6) is 0 Å². The van der Waals surface area contributed by atoms with Gasteiger partial charge in [-0.2, -0.15) is 5.10 Å². The number of rotatable bonds is 4. The molecule has 2 rings (SSSR count). The second-order valence-corrected chi connectivity index (χ2v) is 4.45. The third kappa shape index (κ3) is 2.47. The van der Waals surface area contributed by atoms with E-state index in [1.54, 1.807) is 11.3 Å². The van der Waals surface area contributed by atoms with Crippen LogP contribution < -0.4 is 5.73 Å². The maximum absolute atomic E-state index is 11.8. The van der Waals surface area contributed by atoms with Gasteiger partial charge in [0.15, 0.2) is 5.69 Å². The number of nitrogens with two attached hydrogens (primary N) is 1. The van der Waals surface area contributed by atoms with Gasteiger partial charge in [0.2, 0.25) is 0 Å². The number of ether oxygens (including phenoxy) is 1. The summed E-state index contributed by atoms with van der Waals surface area (Å²) in [7, 11) is 0. The minimum atomic E-state index is -0.435. The second kappa shape index (κ2) is 5.01. The van der Waals surface area contributed by atoms with E-state index in [4.69, 9.17) is 10.5 Å². The highest BCUT2D eigenvalue weighted by Crippen LogP contribution is 2.15. The normalized spacial score (nSPS) is 10.4. The van der Waals surface area contributed by atoms with Crippen molar-refractivity contribution in [3.8, 4) is 0 Å². The van der Waals surface area contributed by atoms with Gasteiger partial charge in [-0.15, -0.1) is 11.3 Å². The quantitative estimate of drug-likeness (QED) is 0.842. The van der Waals surface area contributed by atoms with Crippen LogP contribution >= 0.6 is 11.3 Å². The zero-order chi connectivity index (χ0) is 12.3. The van der Waals surface area contributed by atoms with Crippen molar-refractivity contribution in [2.45, 2.75) is 20.1 Å². The smallest absolute Gasteiger partial charge is 0.359 e. The van der Waals surface area contributed by atoms with Gasteiger partial charge < -0.3 is 10.5 Å². The van der Waals surface area contributed by atoms with Gasteiger partial charge in [-0.05, 0) is 18.4 Å². The molecule has 2 N–H and O–H groups in total. The number of esters is 1. The van der Waals surface area contributed by atoms with E-state index in [2.05, 4.69) is 5.10 Å². The highest BCUT2D eigenvalue weighted by atomic mass is 32.1. The average Bonchev–Trinajstić information content (AvgIpc) is 2.94. The van der Waals surface area contributed by atoms with Crippen LogP contribution in [0.4, 0.5) is 5.69 Å². The molecule has 0 aliphatic heterocycles. The lowest BCUT2D eigenvalue weighted by Gasteiger charge is -2.05. The Kier molecular flexibility index (Phi) is 3.43. The van der Waals surface area contributed by atoms with Gasteiger partial charge in [-0.25, -0.2) is 4.79 Å². The van der Waals surface area contributed by atoms with Gasteiger partial charge in [-0.3, -0.25) is 4.68 Å². The van der Waals surface area contributed by atoms with Crippen molar-refractivity contribution in [1.29, 1.82) is 0 Å². The Balaban J connectivity index is 2.06. The first kappa shape index (κ1) is 11.7. The summed E-state index contributed by atoms with van der Waals surface area (Å²) in [4.78, 5) is 12.8. The molecule has 0 radical (unpaired) electrons. The van der Waals surface area contributed by atoms with Crippen molar-refractivity contribution in [1.82, 2.24) is 9.78 Å². The van der Waals surface area contributed by atoms with Crippen LogP contribution in [0.25, 0.3) is 0 Å². The van der Waals surface area contributed by atoms with Gasteiger partial charge in [0, 0.05) is 11.4 Å². The summed E-state index contributed by atoms with van der Waals surface area (Å²) in [5.74, 6) is -0.435. The number of hydrogen-bond donors (Lipinski definition) is 1. The van der Waals surface area contributed by atoms with Crippen LogP contribution in [-0.4, -0.2) is 15.7 Å². The molecule has 17 heavy (non-hydrogen) atoms. The fourth-order valence-electron chi connectivity index (χ4n) is 1.46. The minimum absolute atomic E-state index is 0.269. The molecule has 0 aromatic carbocycles. The molecule has 6 heteroatoms. The van der Waals surface area contributed by atoms with Crippen LogP contribution in [0.1, 0.15) is 22.3 Å². The van der Waals surface area contributed by atoms with Gasteiger partial charge in [0.1, 0.15) is 6.61 Å². The molecular weight excluding hydrogens is 238 g/mol. The lowest BCUT2D eigenvalue weighted by molar-refractivity contribution is 0.0463. The largest absolute Gasteiger partial charge is 0.455 e. The molecule has 5 nitrogen and oxygen atoms in total. The van der Waals surface area contributed by atoms with Crippen LogP contribution in [0.15, 0.2) is 23.7 Å². The molecule has 2 aromatic rings. The summed E-state index contributed by atoms with van der Waals surface area (Å²) >= 11 is 1.55. The number of aromatic nitrogens is 2. The molecule has 0 amide bonds. The Hall–Kier alpha value is -1.82. The zero-order valence-corrected chi connectivity index (χ0v) is 10.2. The number of nitrogen functional groups attached to an aromatic ring is 1. The van der Waals surface area contributed by atoms with E-state index < -0.39 is 5.97 Å². The third-order valence-corrected chi connectivity index (χ3v) is 3.14. The first-order valence-corrected chi connectivity index (χ1v) is 6.11. The van der Waals surface area contributed by atoms with Crippen molar-refractivity contribution in [2.24, 2.45) is 0 Å². The van der Waals surface area contributed by atoms with E-state index >= 15 is 0 Å². The highest BCUT2D eigenvalue weighted by molar-refractivity contribution is 7.09. The van der Waals surface area contributed by atoms with E-state index in [9.17, 15) is 4.79 Å². The third-order valence-electron chi connectivity index (χ3n) is 2.29. The fraction of sp³-hybridized carbons (Fsp3) is 0.273. The van der Waals surface area contributed by atoms with E-state index in [0.717, 1.165) is 4.88 Å². The Labute approximate surface area is 103 Å². The number of carbonyl (C=O) groups is 1. The lowest BCUT2D eigenvalue weighted by Crippen LogP contribution is -2.14. The summed E-state index contributed by atoms with van der Waals surface area (Å²) in [6.07, 6.45) is 1.46. The van der Waals surface area contributed by atoms with E-state index in [0.29, 0.717) is 17.9 Å². The topological polar surface area (TPSA) is 70.1 Å². The minimum Gasteiger partial charge on any atom is -0.455 e. The summed E-state index contributed by atoms with van der Waals surface area (Å²) in [6.45, 7) is 2.74. The number of nitrogens with zero attached hydrogens (tertiary/aromatic N) is 2. The van der Waals surface area contributed by atoms with Gasteiger partial charge >= 0.3 is 5.97 Å². The van der Waals surface area contributed by atoms with Crippen molar-refractivity contribution < 1.29 is 9.53 Å². The van der Waals surface area contributed by atoms with E-state index in [-0.39, 0.29) is 6.61 Å². The lowest BCUT2D eigenvalue weighted by atomic mass is 10.3. The predicted molar refractivity (Wildman–Crippen MR) is 65.8 cm³/mol. The van der Waals surface area contributed by atoms with Crippen molar-refractivity contribution in [3.05, 3.63) is 34.3 Å². The molecule has 0 spiro atoms. The van der Waals surface area contributed by atoms with Crippen LogP contribution in [0, 0.1) is 0 Å². The Morgan fingerprint density at radius 3 is 3.12 bits per heavy atom. The maximum Gasteiger partial charge on any atom is 0.359 e. The molecular formula is C11H13N3O2S. The molecule has 0 fully saturated rings.